The Kier molecular flexibility index (Phi) is 20.0. The lowest BCUT2D eigenvalue weighted by atomic mass is 9.89. The molecule has 1 aliphatic heterocycles. The summed E-state index contributed by atoms with van der Waals surface area (Å²) in [5.41, 5.74) is 0.876. The SMILES string of the molecule is CCC(C)[C@@H]([C@@H](CC(=O)N1CCC[C@H]1[C@H](OC)[C@@H](C)C(=O)NC(Cc1ccccc1)C(=O)OC)OC)N(C)C(=O)[C@@H](NC(=O)[C@H](C(C)C)N(C)C(C)C)C(C)C. The zero-order chi connectivity index (χ0) is 42.4. The normalized spacial score (nSPS) is 18.9. The van der Waals surface area contributed by atoms with Gasteiger partial charge in [-0.1, -0.05) is 85.2 Å². The number of carbonyl (C=O) groups is 5. The first-order chi connectivity index (χ1) is 26.4. The number of likely N-dealkylation sites (N-methyl/N-ethyl adjacent to an activating group) is 2. The summed E-state index contributed by atoms with van der Waals surface area (Å²) in [6.07, 6.45) is 1.07. The molecule has 2 N–H and O–H groups in total. The van der Waals surface area contributed by atoms with E-state index in [0.29, 0.717) is 13.0 Å². The maximum atomic E-state index is 14.4. The van der Waals surface area contributed by atoms with Crippen LogP contribution in [0.4, 0.5) is 0 Å². The highest BCUT2D eigenvalue weighted by Gasteiger charge is 2.43. The van der Waals surface area contributed by atoms with E-state index in [4.69, 9.17) is 14.2 Å². The molecule has 13 nitrogen and oxygen atoms in total. The van der Waals surface area contributed by atoms with Crippen LogP contribution < -0.4 is 10.6 Å². The number of likely N-dealkylation sites (tertiary alicyclic amines) is 1. The molecule has 1 saturated heterocycles. The highest BCUT2D eigenvalue weighted by atomic mass is 16.5. The molecule has 1 aromatic rings. The average molecular weight is 788 g/mol. The lowest BCUT2D eigenvalue weighted by Crippen LogP contribution is -2.60. The Hall–Kier alpha value is -3.55. The quantitative estimate of drug-likeness (QED) is 0.164. The molecule has 1 aliphatic rings. The van der Waals surface area contributed by atoms with E-state index in [-0.39, 0.29) is 60.3 Å². The van der Waals surface area contributed by atoms with Crippen molar-refractivity contribution >= 4 is 29.6 Å². The Morgan fingerprint density at radius 2 is 1.48 bits per heavy atom. The molecule has 0 saturated carbocycles. The molecule has 2 unspecified atom stereocenters. The van der Waals surface area contributed by atoms with Gasteiger partial charge in [-0.15, -0.1) is 0 Å². The Labute approximate surface area is 336 Å². The number of benzene rings is 1. The summed E-state index contributed by atoms with van der Waals surface area (Å²) in [6, 6.07) is 6.58. The Morgan fingerprint density at radius 3 is 1.98 bits per heavy atom. The molecular weight excluding hydrogens is 714 g/mol. The van der Waals surface area contributed by atoms with E-state index in [9.17, 15) is 24.0 Å². The number of rotatable bonds is 22. The number of nitrogens with one attached hydrogen (secondary N) is 2. The van der Waals surface area contributed by atoms with Crippen molar-refractivity contribution in [3.8, 4) is 0 Å². The zero-order valence-electron chi connectivity index (χ0n) is 36.7. The lowest BCUT2D eigenvalue weighted by molar-refractivity contribution is -0.149. The Balaban J connectivity index is 2.30. The minimum atomic E-state index is -0.891. The van der Waals surface area contributed by atoms with Crippen molar-refractivity contribution in [2.24, 2.45) is 23.7 Å². The first-order valence-electron chi connectivity index (χ1n) is 20.4. The zero-order valence-corrected chi connectivity index (χ0v) is 36.7. The smallest absolute Gasteiger partial charge is 0.328 e. The van der Waals surface area contributed by atoms with Gasteiger partial charge in [0.05, 0.1) is 49.8 Å². The van der Waals surface area contributed by atoms with Crippen LogP contribution in [-0.2, 0) is 44.6 Å². The molecular formula is C43H73N5O8. The minimum absolute atomic E-state index is 0.00540. The molecule has 4 amide bonds. The molecule has 318 valence electrons. The maximum Gasteiger partial charge on any atom is 0.328 e. The number of nitrogens with zero attached hydrogens (tertiary/aromatic N) is 3. The van der Waals surface area contributed by atoms with Gasteiger partial charge in [-0.05, 0) is 57.1 Å². The third-order valence-corrected chi connectivity index (χ3v) is 11.7. The van der Waals surface area contributed by atoms with Crippen LogP contribution in [0, 0.1) is 23.7 Å². The molecule has 1 heterocycles. The van der Waals surface area contributed by atoms with Crippen molar-refractivity contribution in [3.63, 3.8) is 0 Å². The fourth-order valence-electron chi connectivity index (χ4n) is 8.05. The summed E-state index contributed by atoms with van der Waals surface area (Å²) in [4.78, 5) is 74.2. The molecule has 0 aromatic heterocycles. The summed E-state index contributed by atoms with van der Waals surface area (Å²) in [6.45, 7) is 18.2. The van der Waals surface area contributed by atoms with Gasteiger partial charge in [0, 0.05) is 40.3 Å². The molecule has 0 radical (unpaired) electrons. The lowest BCUT2D eigenvalue weighted by Gasteiger charge is -2.41. The van der Waals surface area contributed by atoms with Gasteiger partial charge in [0.25, 0.3) is 0 Å². The van der Waals surface area contributed by atoms with E-state index in [0.717, 1.165) is 18.4 Å². The number of carbonyl (C=O) groups excluding carboxylic acids is 5. The number of ether oxygens (including phenoxy) is 3. The topological polar surface area (TPSA) is 147 Å². The van der Waals surface area contributed by atoms with Crippen LogP contribution in [0.1, 0.15) is 93.6 Å². The second-order valence-electron chi connectivity index (χ2n) is 16.5. The predicted molar refractivity (Wildman–Crippen MR) is 219 cm³/mol. The summed E-state index contributed by atoms with van der Waals surface area (Å²) in [5.74, 6) is -2.42. The van der Waals surface area contributed by atoms with E-state index in [2.05, 4.69) is 10.6 Å². The van der Waals surface area contributed by atoms with Gasteiger partial charge in [0.2, 0.25) is 23.6 Å². The number of esters is 1. The number of hydrogen-bond acceptors (Lipinski definition) is 9. The van der Waals surface area contributed by atoms with Crippen molar-refractivity contribution < 1.29 is 38.2 Å². The molecule has 1 aromatic carbocycles. The molecule has 0 aliphatic carbocycles. The third-order valence-electron chi connectivity index (χ3n) is 11.7. The standard InChI is InChI=1S/C43H73N5O8/c1-15-29(8)38(47(11)42(52)36(26(2)3)45-41(51)37(27(4)5)46(10)28(6)7)34(54-12)25-35(49)48-23-19-22-33(48)39(55-13)30(9)40(50)44-32(43(53)56-14)24-31-20-17-16-18-21-31/h16-18,20-21,26-30,32-34,36-39H,15,19,22-25H2,1-14H3,(H,44,50)(H,45,51)/t29?,30-,32?,33+,34-,36+,37+,38+,39-/m1/s1. The van der Waals surface area contributed by atoms with Crippen molar-refractivity contribution in [2.45, 2.75) is 143 Å². The van der Waals surface area contributed by atoms with Crippen molar-refractivity contribution in [2.75, 3.05) is 42.0 Å². The molecule has 0 bridgehead atoms. The highest BCUT2D eigenvalue weighted by molar-refractivity contribution is 5.90. The van der Waals surface area contributed by atoms with Crippen LogP contribution in [0.2, 0.25) is 0 Å². The number of amides is 4. The Bertz CT molecular complexity index is 1410. The largest absolute Gasteiger partial charge is 0.467 e. The van der Waals surface area contributed by atoms with Crippen LogP contribution >= 0.6 is 0 Å². The minimum Gasteiger partial charge on any atom is -0.467 e. The van der Waals surface area contributed by atoms with Gasteiger partial charge >= 0.3 is 5.97 Å². The fraction of sp³-hybridized carbons (Fsp3) is 0.744. The van der Waals surface area contributed by atoms with Gasteiger partial charge in [-0.25, -0.2) is 4.79 Å². The third kappa shape index (κ3) is 12.7. The Morgan fingerprint density at radius 1 is 0.857 bits per heavy atom. The second-order valence-corrected chi connectivity index (χ2v) is 16.5. The van der Waals surface area contributed by atoms with E-state index < -0.39 is 54.3 Å². The molecule has 0 spiro atoms. The van der Waals surface area contributed by atoms with Gasteiger partial charge in [-0.2, -0.15) is 0 Å². The first kappa shape index (κ1) is 48.6. The van der Waals surface area contributed by atoms with Crippen LogP contribution in [0.5, 0.6) is 0 Å². The predicted octanol–water partition coefficient (Wildman–Crippen LogP) is 4.31. The van der Waals surface area contributed by atoms with E-state index in [1.54, 1.807) is 30.9 Å². The van der Waals surface area contributed by atoms with Gasteiger partial charge < -0.3 is 34.6 Å². The fourth-order valence-corrected chi connectivity index (χ4v) is 8.05. The van der Waals surface area contributed by atoms with Crippen molar-refractivity contribution in [1.82, 2.24) is 25.3 Å². The van der Waals surface area contributed by atoms with E-state index in [1.165, 1.54) is 14.2 Å². The van der Waals surface area contributed by atoms with Crippen LogP contribution in [-0.4, -0.2) is 135 Å². The monoisotopic (exact) mass is 788 g/mol. The van der Waals surface area contributed by atoms with Gasteiger partial charge in [0.1, 0.15) is 12.1 Å². The maximum absolute atomic E-state index is 14.4. The molecule has 56 heavy (non-hydrogen) atoms. The summed E-state index contributed by atoms with van der Waals surface area (Å²) >= 11 is 0. The summed E-state index contributed by atoms with van der Waals surface area (Å²) in [5, 5.41) is 5.95. The van der Waals surface area contributed by atoms with E-state index >= 15 is 0 Å². The average Bonchev–Trinajstić information content (AvgIpc) is 3.65. The van der Waals surface area contributed by atoms with Gasteiger partial charge in [-0.3, -0.25) is 24.1 Å². The number of methoxy groups -OCH3 is 3. The van der Waals surface area contributed by atoms with Crippen LogP contribution in [0.15, 0.2) is 30.3 Å². The van der Waals surface area contributed by atoms with E-state index in [1.807, 2.05) is 97.7 Å². The second kappa shape index (κ2) is 23.0. The van der Waals surface area contributed by atoms with Crippen LogP contribution in [0.3, 0.4) is 0 Å². The molecule has 9 atom stereocenters. The molecule has 13 heteroatoms. The summed E-state index contributed by atoms with van der Waals surface area (Å²) in [7, 11) is 8.04. The summed E-state index contributed by atoms with van der Waals surface area (Å²) < 4.78 is 17.0. The van der Waals surface area contributed by atoms with Crippen molar-refractivity contribution in [3.05, 3.63) is 35.9 Å². The molecule has 1 fully saturated rings. The van der Waals surface area contributed by atoms with Crippen LogP contribution in [0.25, 0.3) is 0 Å². The van der Waals surface area contributed by atoms with Crippen molar-refractivity contribution in [1.29, 1.82) is 0 Å². The highest BCUT2D eigenvalue weighted by Crippen LogP contribution is 2.30. The first-order valence-corrected chi connectivity index (χ1v) is 20.4. The number of hydrogen-bond donors (Lipinski definition) is 2. The van der Waals surface area contributed by atoms with Gasteiger partial charge in [0.15, 0.2) is 0 Å². The molecule has 2 rings (SSSR count).